The molecule has 2 aromatic rings. The second kappa shape index (κ2) is 5.87. The van der Waals surface area contributed by atoms with E-state index in [2.05, 4.69) is 26.6 Å². The quantitative estimate of drug-likeness (QED) is 0.832. The summed E-state index contributed by atoms with van der Waals surface area (Å²) in [5.74, 6) is -0.823. The van der Waals surface area contributed by atoms with Crippen LogP contribution in [0.4, 0.5) is 5.69 Å². The maximum absolute atomic E-state index is 11.7. The van der Waals surface area contributed by atoms with E-state index in [1.807, 2.05) is 0 Å². The van der Waals surface area contributed by atoms with Gasteiger partial charge in [-0.15, -0.1) is 0 Å². The molecule has 0 saturated heterocycles. The molecular formula is C13H11BrN2O4. The van der Waals surface area contributed by atoms with Crippen LogP contribution in [-0.2, 0) is 9.59 Å². The van der Waals surface area contributed by atoms with Gasteiger partial charge in [-0.2, -0.15) is 0 Å². The molecule has 1 aromatic heterocycles. The molecule has 0 bridgehead atoms. The molecule has 2 amide bonds. The van der Waals surface area contributed by atoms with Crippen molar-refractivity contribution in [2.24, 2.45) is 0 Å². The lowest BCUT2D eigenvalue weighted by Gasteiger charge is -2.05. The number of benzene rings is 1. The fourth-order valence-corrected chi connectivity index (χ4v) is 1.96. The third-order valence-corrected chi connectivity index (χ3v) is 2.96. The van der Waals surface area contributed by atoms with Gasteiger partial charge in [0.2, 0.25) is 11.8 Å². The van der Waals surface area contributed by atoms with Crippen molar-refractivity contribution >= 4 is 44.4 Å². The van der Waals surface area contributed by atoms with Gasteiger partial charge < -0.3 is 15.1 Å². The largest absolute Gasteiger partial charge is 0.421 e. The normalized spacial score (nSPS) is 10.3. The fourth-order valence-electron chi connectivity index (χ4n) is 1.58. The summed E-state index contributed by atoms with van der Waals surface area (Å²) in [6.07, 6.45) is 0. The zero-order valence-corrected chi connectivity index (χ0v) is 12.1. The van der Waals surface area contributed by atoms with Gasteiger partial charge in [-0.05, 0) is 24.3 Å². The molecule has 0 saturated carbocycles. The van der Waals surface area contributed by atoms with Crippen LogP contribution in [0.25, 0.3) is 11.0 Å². The summed E-state index contributed by atoms with van der Waals surface area (Å²) < 4.78 is 5.92. The predicted octanol–water partition coefficient (Wildman–Crippen LogP) is 1.63. The maximum Gasteiger partial charge on any atom is 0.360 e. The zero-order valence-electron chi connectivity index (χ0n) is 10.5. The van der Waals surface area contributed by atoms with Crippen molar-refractivity contribution in [2.45, 2.75) is 6.92 Å². The molecule has 0 aliphatic heterocycles. The molecule has 0 spiro atoms. The molecule has 0 aliphatic rings. The van der Waals surface area contributed by atoms with Crippen LogP contribution in [0, 0.1) is 0 Å². The third-order valence-electron chi connectivity index (χ3n) is 2.47. The van der Waals surface area contributed by atoms with E-state index in [1.165, 1.54) is 13.0 Å². The van der Waals surface area contributed by atoms with Crippen LogP contribution in [0.3, 0.4) is 0 Å². The van der Waals surface area contributed by atoms with E-state index in [0.29, 0.717) is 11.0 Å². The summed E-state index contributed by atoms with van der Waals surface area (Å²) in [6.45, 7) is 1.10. The van der Waals surface area contributed by atoms with Crippen LogP contribution in [0.1, 0.15) is 6.92 Å². The molecule has 0 radical (unpaired) electrons. The lowest BCUT2D eigenvalue weighted by molar-refractivity contribution is -0.122. The molecule has 104 valence electrons. The van der Waals surface area contributed by atoms with E-state index >= 15 is 0 Å². The molecule has 0 aliphatic carbocycles. The number of rotatable bonds is 3. The lowest BCUT2D eigenvalue weighted by Crippen LogP contribution is -2.32. The molecule has 2 N–H and O–H groups in total. The number of carbonyl (C=O) groups excluding carboxylic acids is 2. The van der Waals surface area contributed by atoms with E-state index in [-0.39, 0.29) is 18.1 Å². The minimum absolute atomic E-state index is 0.0333. The SMILES string of the molecule is CC(=O)NCC(=O)Nc1cc2cc(Br)ccc2oc1=O. The van der Waals surface area contributed by atoms with Crippen LogP contribution in [-0.4, -0.2) is 18.4 Å². The van der Waals surface area contributed by atoms with E-state index < -0.39 is 11.5 Å². The number of nitrogens with one attached hydrogen (secondary N) is 2. The first-order chi connectivity index (χ1) is 9.45. The van der Waals surface area contributed by atoms with E-state index in [0.717, 1.165) is 4.47 Å². The van der Waals surface area contributed by atoms with Gasteiger partial charge in [0, 0.05) is 16.8 Å². The summed E-state index contributed by atoms with van der Waals surface area (Å²) in [5, 5.41) is 5.42. The summed E-state index contributed by atoms with van der Waals surface area (Å²) in [5.41, 5.74) is -0.181. The standard InChI is InChI=1S/C13H11BrN2O4/c1-7(17)15-6-12(18)16-10-5-8-4-9(14)2-3-11(8)20-13(10)19/h2-5H,6H2,1H3,(H,15,17)(H,16,18). The molecular weight excluding hydrogens is 328 g/mol. The van der Waals surface area contributed by atoms with Gasteiger partial charge in [-0.25, -0.2) is 4.79 Å². The lowest BCUT2D eigenvalue weighted by atomic mass is 10.2. The highest BCUT2D eigenvalue weighted by atomic mass is 79.9. The Hall–Kier alpha value is -2.15. The first-order valence-corrected chi connectivity index (χ1v) is 6.53. The zero-order chi connectivity index (χ0) is 14.7. The number of carbonyl (C=O) groups is 2. The second-order valence-electron chi connectivity index (χ2n) is 4.09. The Bertz CT molecular complexity index is 739. The Balaban J connectivity index is 2.25. The van der Waals surface area contributed by atoms with Crippen molar-refractivity contribution in [2.75, 3.05) is 11.9 Å². The van der Waals surface area contributed by atoms with Crippen molar-refractivity contribution < 1.29 is 14.0 Å². The minimum atomic E-state index is -0.643. The van der Waals surface area contributed by atoms with Crippen LogP contribution in [0.5, 0.6) is 0 Å². The van der Waals surface area contributed by atoms with Gasteiger partial charge in [0.05, 0.1) is 6.54 Å². The molecule has 7 heteroatoms. The average molecular weight is 339 g/mol. The number of amides is 2. The molecule has 6 nitrogen and oxygen atoms in total. The Morgan fingerprint density at radius 2 is 2.05 bits per heavy atom. The average Bonchev–Trinajstić information content (AvgIpc) is 2.38. The fraction of sp³-hybridized carbons (Fsp3) is 0.154. The number of halogens is 1. The van der Waals surface area contributed by atoms with E-state index in [1.54, 1.807) is 18.2 Å². The number of hydrogen-bond donors (Lipinski definition) is 2. The van der Waals surface area contributed by atoms with Crippen molar-refractivity contribution in [3.63, 3.8) is 0 Å². The van der Waals surface area contributed by atoms with Gasteiger partial charge in [0.1, 0.15) is 11.3 Å². The van der Waals surface area contributed by atoms with Crippen LogP contribution in [0.15, 0.2) is 37.9 Å². The summed E-state index contributed by atoms with van der Waals surface area (Å²) in [4.78, 5) is 34.0. The summed E-state index contributed by atoms with van der Waals surface area (Å²) in [6, 6.07) is 6.70. The van der Waals surface area contributed by atoms with Crippen LogP contribution < -0.4 is 16.3 Å². The molecule has 20 heavy (non-hydrogen) atoms. The first kappa shape index (κ1) is 14.3. The smallest absolute Gasteiger partial charge is 0.360 e. The first-order valence-electron chi connectivity index (χ1n) is 5.73. The van der Waals surface area contributed by atoms with Crippen LogP contribution in [0.2, 0.25) is 0 Å². The third kappa shape index (κ3) is 3.45. The van der Waals surface area contributed by atoms with Gasteiger partial charge in [-0.1, -0.05) is 15.9 Å². The van der Waals surface area contributed by atoms with Gasteiger partial charge in [-0.3, -0.25) is 9.59 Å². The summed E-state index contributed by atoms with van der Waals surface area (Å²) in [7, 11) is 0. The Morgan fingerprint density at radius 3 is 2.75 bits per heavy atom. The number of fused-ring (bicyclic) bond motifs is 1. The minimum Gasteiger partial charge on any atom is -0.421 e. The second-order valence-corrected chi connectivity index (χ2v) is 5.00. The molecule has 0 fully saturated rings. The monoisotopic (exact) mass is 338 g/mol. The highest BCUT2D eigenvalue weighted by Gasteiger charge is 2.09. The number of hydrogen-bond acceptors (Lipinski definition) is 4. The highest BCUT2D eigenvalue weighted by molar-refractivity contribution is 9.10. The highest BCUT2D eigenvalue weighted by Crippen LogP contribution is 2.20. The number of anilines is 1. The van der Waals surface area contributed by atoms with Crippen molar-refractivity contribution in [3.8, 4) is 0 Å². The Morgan fingerprint density at radius 1 is 1.30 bits per heavy atom. The van der Waals surface area contributed by atoms with Gasteiger partial charge in [0.25, 0.3) is 0 Å². The molecule has 1 aromatic carbocycles. The van der Waals surface area contributed by atoms with E-state index in [9.17, 15) is 14.4 Å². The molecule has 0 unspecified atom stereocenters. The van der Waals surface area contributed by atoms with Crippen molar-refractivity contribution in [1.82, 2.24) is 5.32 Å². The predicted molar refractivity (Wildman–Crippen MR) is 77.5 cm³/mol. The topological polar surface area (TPSA) is 88.4 Å². The Labute approximate surface area is 122 Å². The van der Waals surface area contributed by atoms with Crippen LogP contribution >= 0.6 is 15.9 Å². The van der Waals surface area contributed by atoms with Crippen molar-refractivity contribution in [3.05, 3.63) is 39.2 Å². The molecule has 2 rings (SSSR count). The maximum atomic E-state index is 11.7. The van der Waals surface area contributed by atoms with Gasteiger partial charge in [0.15, 0.2) is 0 Å². The van der Waals surface area contributed by atoms with Crippen molar-refractivity contribution in [1.29, 1.82) is 0 Å². The van der Waals surface area contributed by atoms with Gasteiger partial charge >= 0.3 is 5.63 Å². The summed E-state index contributed by atoms with van der Waals surface area (Å²) >= 11 is 3.31. The Kier molecular flexibility index (Phi) is 4.19. The molecule has 0 atom stereocenters. The van der Waals surface area contributed by atoms with E-state index in [4.69, 9.17) is 4.42 Å². The molecule has 1 heterocycles.